The summed E-state index contributed by atoms with van der Waals surface area (Å²) in [5.74, 6) is -1.53. The number of hydroxylamine groups is 1. The molecule has 3 N–H and O–H groups in total. The molecule has 0 aromatic heterocycles. The summed E-state index contributed by atoms with van der Waals surface area (Å²) in [5, 5.41) is 11.8. The Morgan fingerprint density at radius 3 is 2.47 bits per heavy atom. The molecule has 1 fully saturated rings. The standard InChI is InChI=1S/C23H35N3O4/c1-26-16-10-5-3-2-4-9-13-19(17-21(27)25-30)22(28)24-20(23(26)29)15-14-18-11-7-6-8-12-18/h6-8,11-12,19-20,30H,2-5,9-10,13-17H2,1H3,(H,24,28)(H,25,27)/t19-,20+/m1/s1. The number of likely N-dealkylation sites (N-methyl/N-ethyl adjacent to an activating group) is 1. The first-order chi connectivity index (χ1) is 14.5. The summed E-state index contributed by atoms with van der Waals surface area (Å²) >= 11 is 0. The molecule has 1 aromatic carbocycles. The number of rotatable bonds is 5. The second-order valence-corrected chi connectivity index (χ2v) is 8.19. The quantitative estimate of drug-likeness (QED) is 0.507. The van der Waals surface area contributed by atoms with Crippen molar-refractivity contribution in [3.63, 3.8) is 0 Å². The Kier molecular flexibility index (Phi) is 10.3. The highest BCUT2D eigenvalue weighted by atomic mass is 16.5. The van der Waals surface area contributed by atoms with Crippen molar-refractivity contribution in [3.05, 3.63) is 35.9 Å². The first-order valence-corrected chi connectivity index (χ1v) is 11.0. The molecule has 0 aliphatic carbocycles. The molecule has 0 bridgehead atoms. The molecule has 30 heavy (non-hydrogen) atoms. The second-order valence-electron chi connectivity index (χ2n) is 8.19. The van der Waals surface area contributed by atoms with E-state index in [2.05, 4.69) is 5.32 Å². The SMILES string of the molecule is CN1CCCCCCCC[C@H](CC(=O)NO)C(=O)N[C@@H](CCc2ccccc2)C1=O. The number of carbonyl (C=O) groups is 3. The third kappa shape index (κ3) is 8.14. The van der Waals surface area contributed by atoms with Gasteiger partial charge in [0, 0.05) is 25.9 Å². The molecule has 1 aliphatic heterocycles. The molecule has 1 aliphatic rings. The predicted molar refractivity (Wildman–Crippen MR) is 115 cm³/mol. The number of carbonyl (C=O) groups excluding carboxylic acids is 3. The van der Waals surface area contributed by atoms with Crippen LogP contribution in [0, 0.1) is 5.92 Å². The number of aryl methyl sites for hydroxylation is 1. The number of hydrogen-bond acceptors (Lipinski definition) is 4. The van der Waals surface area contributed by atoms with E-state index >= 15 is 0 Å². The molecule has 7 heteroatoms. The maximum absolute atomic E-state index is 13.1. The zero-order valence-corrected chi connectivity index (χ0v) is 17.9. The van der Waals surface area contributed by atoms with Crippen LogP contribution in [0.25, 0.3) is 0 Å². The monoisotopic (exact) mass is 417 g/mol. The van der Waals surface area contributed by atoms with Crippen molar-refractivity contribution < 1.29 is 19.6 Å². The zero-order chi connectivity index (χ0) is 21.8. The van der Waals surface area contributed by atoms with Crippen molar-refractivity contribution in [2.24, 2.45) is 5.92 Å². The molecule has 0 saturated carbocycles. The van der Waals surface area contributed by atoms with Crippen LogP contribution in [0.15, 0.2) is 30.3 Å². The van der Waals surface area contributed by atoms with Crippen LogP contribution in [0.1, 0.15) is 63.4 Å². The highest BCUT2D eigenvalue weighted by molar-refractivity contribution is 5.90. The lowest BCUT2D eigenvalue weighted by Crippen LogP contribution is -2.49. The van der Waals surface area contributed by atoms with Gasteiger partial charge in [-0.05, 0) is 31.2 Å². The molecule has 2 atom stereocenters. The van der Waals surface area contributed by atoms with Crippen molar-refractivity contribution in [3.8, 4) is 0 Å². The van der Waals surface area contributed by atoms with Gasteiger partial charge in [-0.2, -0.15) is 0 Å². The third-order valence-electron chi connectivity index (χ3n) is 5.78. The molecule has 0 radical (unpaired) electrons. The summed E-state index contributed by atoms with van der Waals surface area (Å²) in [6.45, 7) is 0.673. The number of nitrogens with zero attached hydrogens (tertiary/aromatic N) is 1. The molecule has 1 saturated heterocycles. The average Bonchev–Trinajstić information content (AvgIpc) is 2.76. The van der Waals surface area contributed by atoms with Gasteiger partial charge < -0.3 is 10.2 Å². The normalized spacial score (nSPS) is 22.1. The van der Waals surface area contributed by atoms with Gasteiger partial charge in [0.2, 0.25) is 17.7 Å². The van der Waals surface area contributed by atoms with Gasteiger partial charge in [-0.15, -0.1) is 0 Å². The molecule has 2 rings (SSSR count). The molecule has 0 spiro atoms. The molecule has 7 nitrogen and oxygen atoms in total. The van der Waals surface area contributed by atoms with Crippen LogP contribution in [0.4, 0.5) is 0 Å². The topological polar surface area (TPSA) is 98.7 Å². The highest BCUT2D eigenvalue weighted by Crippen LogP contribution is 2.18. The molecular weight excluding hydrogens is 382 g/mol. The van der Waals surface area contributed by atoms with Crippen LogP contribution in [-0.4, -0.2) is 47.5 Å². The largest absolute Gasteiger partial charge is 0.344 e. The Morgan fingerprint density at radius 2 is 1.77 bits per heavy atom. The fourth-order valence-electron chi connectivity index (χ4n) is 3.92. The average molecular weight is 418 g/mol. The number of hydrogen-bond donors (Lipinski definition) is 3. The fourth-order valence-corrected chi connectivity index (χ4v) is 3.92. The minimum Gasteiger partial charge on any atom is -0.344 e. The smallest absolute Gasteiger partial charge is 0.244 e. The van der Waals surface area contributed by atoms with Gasteiger partial charge in [0.1, 0.15) is 6.04 Å². The lowest BCUT2D eigenvalue weighted by Gasteiger charge is -2.27. The second kappa shape index (κ2) is 13.0. The van der Waals surface area contributed by atoms with E-state index in [1.165, 1.54) is 0 Å². The maximum atomic E-state index is 13.1. The van der Waals surface area contributed by atoms with Gasteiger partial charge in [-0.25, -0.2) is 5.48 Å². The van der Waals surface area contributed by atoms with Crippen molar-refractivity contribution in [1.82, 2.24) is 15.7 Å². The van der Waals surface area contributed by atoms with Crippen molar-refractivity contribution in [1.29, 1.82) is 0 Å². The van der Waals surface area contributed by atoms with E-state index in [0.717, 1.165) is 44.1 Å². The molecule has 3 amide bonds. The Labute approximate surface area is 179 Å². The number of amides is 3. The van der Waals surface area contributed by atoms with Crippen molar-refractivity contribution >= 4 is 17.7 Å². The third-order valence-corrected chi connectivity index (χ3v) is 5.78. The lowest BCUT2D eigenvalue weighted by molar-refractivity contribution is -0.138. The summed E-state index contributed by atoms with van der Waals surface area (Å²) in [6.07, 6.45) is 7.73. The first kappa shape index (κ1) is 23.9. The van der Waals surface area contributed by atoms with Gasteiger partial charge in [0.15, 0.2) is 0 Å². The Hall–Kier alpha value is -2.41. The van der Waals surface area contributed by atoms with Crippen LogP contribution in [0.5, 0.6) is 0 Å². The Balaban J connectivity index is 2.14. The van der Waals surface area contributed by atoms with E-state index in [1.54, 1.807) is 17.4 Å². The number of benzene rings is 1. The van der Waals surface area contributed by atoms with Crippen LogP contribution in [0.3, 0.4) is 0 Å². The molecule has 0 unspecified atom stereocenters. The highest BCUT2D eigenvalue weighted by Gasteiger charge is 2.28. The van der Waals surface area contributed by atoms with Gasteiger partial charge in [0.05, 0.1) is 0 Å². The van der Waals surface area contributed by atoms with Crippen molar-refractivity contribution in [2.75, 3.05) is 13.6 Å². The summed E-state index contributed by atoms with van der Waals surface area (Å²) < 4.78 is 0. The van der Waals surface area contributed by atoms with Gasteiger partial charge in [-0.3, -0.25) is 19.6 Å². The minimum atomic E-state index is -0.634. The summed E-state index contributed by atoms with van der Waals surface area (Å²) in [5.41, 5.74) is 2.73. The molecule has 1 aromatic rings. The molecule has 166 valence electrons. The first-order valence-electron chi connectivity index (χ1n) is 11.0. The van der Waals surface area contributed by atoms with Crippen LogP contribution in [0.2, 0.25) is 0 Å². The summed E-state index contributed by atoms with van der Waals surface area (Å²) in [4.78, 5) is 39.4. The van der Waals surface area contributed by atoms with Crippen molar-refractivity contribution in [2.45, 2.75) is 70.3 Å². The van der Waals surface area contributed by atoms with Gasteiger partial charge in [0.25, 0.3) is 0 Å². The molecular formula is C23H35N3O4. The van der Waals surface area contributed by atoms with E-state index in [9.17, 15) is 14.4 Å². The van der Waals surface area contributed by atoms with E-state index < -0.39 is 17.9 Å². The van der Waals surface area contributed by atoms with E-state index in [0.29, 0.717) is 25.8 Å². The van der Waals surface area contributed by atoms with Gasteiger partial charge >= 0.3 is 0 Å². The van der Waals surface area contributed by atoms with E-state index in [4.69, 9.17) is 5.21 Å². The van der Waals surface area contributed by atoms with Crippen LogP contribution in [-0.2, 0) is 20.8 Å². The van der Waals surface area contributed by atoms with Crippen LogP contribution < -0.4 is 10.8 Å². The fraction of sp³-hybridized carbons (Fsp3) is 0.609. The Bertz CT molecular complexity index is 680. The summed E-state index contributed by atoms with van der Waals surface area (Å²) in [7, 11) is 1.78. The maximum Gasteiger partial charge on any atom is 0.244 e. The van der Waals surface area contributed by atoms with Gasteiger partial charge in [-0.1, -0.05) is 62.4 Å². The summed E-state index contributed by atoms with van der Waals surface area (Å²) in [6, 6.07) is 9.24. The lowest BCUT2D eigenvalue weighted by atomic mass is 9.94. The van der Waals surface area contributed by atoms with E-state index in [-0.39, 0.29) is 18.2 Å². The Morgan fingerprint density at radius 1 is 1.10 bits per heavy atom. The zero-order valence-electron chi connectivity index (χ0n) is 17.9. The number of nitrogens with one attached hydrogen (secondary N) is 2. The van der Waals surface area contributed by atoms with E-state index in [1.807, 2.05) is 30.3 Å². The minimum absolute atomic E-state index is 0.0855. The van der Waals surface area contributed by atoms with Crippen LogP contribution >= 0.6 is 0 Å². The predicted octanol–water partition coefficient (Wildman–Crippen LogP) is 2.82. The molecule has 1 heterocycles.